The molecular formula is C34H44F2N2O4. The van der Waals surface area contributed by atoms with E-state index in [2.05, 4.69) is 19.1 Å². The van der Waals surface area contributed by atoms with Crippen LogP contribution in [0, 0.1) is 41.4 Å². The number of aryl methyl sites for hydroxylation is 1. The molecule has 9 atom stereocenters. The highest BCUT2D eigenvalue weighted by Crippen LogP contribution is 2.70. The minimum Gasteiger partial charge on any atom is -0.390 e. The van der Waals surface area contributed by atoms with Gasteiger partial charge in [0.1, 0.15) is 6.17 Å². The van der Waals surface area contributed by atoms with Gasteiger partial charge in [-0.15, -0.1) is 0 Å². The average Bonchev–Trinajstić information content (AvgIpc) is 3.70. The van der Waals surface area contributed by atoms with Gasteiger partial charge in [-0.1, -0.05) is 31.2 Å². The van der Waals surface area contributed by atoms with Crippen LogP contribution in [0.3, 0.4) is 0 Å². The summed E-state index contributed by atoms with van der Waals surface area (Å²) in [6.45, 7) is 6.13. The van der Waals surface area contributed by atoms with Crippen molar-refractivity contribution in [1.82, 2.24) is 9.96 Å². The van der Waals surface area contributed by atoms with E-state index in [-0.39, 0.29) is 48.5 Å². The number of halogens is 2. The van der Waals surface area contributed by atoms with Gasteiger partial charge in [0.25, 0.3) is 0 Å². The summed E-state index contributed by atoms with van der Waals surface area (Å²) in [4.78, 5) is 27.4. The lowest BCUT2D eigenvalue weighted by Crippen LogP contribution is -2.68. The van der Waals surface area contributed by atoms with Crippen LogP contribution in [-0.4, -0.2) is 70.6 Å². The fourth-order valence-corrected chi connectivity index (χ4v) is 9.56. The number of nitrogens with zero attached hydrogens (tertiary/aromatic N) is 2. The Morgan fingerprint density at radius 3 is 2.50 bits per heavy atom. The van der Waals surface area contributed by atoms with Crippen LogP contribution in [0.4, 0.5) is 8.78 Å². The molecule has 4 fully saturated rings. The summed E-state index contributed by atoms with van der Waals surface area (Å²) in [7, 11) is 3.38. The number of fused-ring (bicyclic) bond motifs is 5. The van der Waals surface area contributed by atoms with Crippen LogP contribution in [-0.2, 0) is 16.1 Å². The lowest BCUT2D eigenvalue weighted by Gasteiger charge is -2.62. The molecule has 6 nitrogen and oxygen atoms in total. The Hall–Kier alpha value is -2.42. The predicted molar refractivity (Wildman–Crippen MR) is 155 cm³/mol. The van der Waals surface area contributed by atoms with Gasteiger partial charge in [0.15, 0.2) is 11.5 Å². The number of ketones is 1. The molecule has 228 valence electrons. The highest BCUT2D eigenvalue weighted by Gasteiger charge is 2.73. The van der Waals surface area contributed by atoms with E-state index in [4.69, 9.17) is 0 Å². The third-order valence-electron chi connectivity index (χ3n) is 11.7. The molecule has 0 radical (unpaired) electrons. The Morgan fingerprint density at radius 2 is 1.86 bits per heavy atom. The number of carbonyl (C=O) groups excluding carboxylic acids is 2. The normalized spacial score (nSPS) is 40.8. The molecule has 5 aliphatic rings. The molecule has 42 heavy (non-hydrogen) atoms. The van der Waals surface area contributed by atoms with E-state index in [1.807, 2.05) is 13.0 Å². The number of aliphatic hydroxyl groups excluding tert-OH is 1. The van der Waals surface area contributed by atoms with E-state index in [1.165, 1.54) is 52.2 Å². The van der Waals surface area contributed by atoms with Gasteiger partial charge in [-0.05, 0) is 104 Å². The van der Waals surface area contributed by atoms with Crippen molar-refractivity contribution < 1.29 is 28.7 Å². The maximum atomic E-state index is 17.6. The maximum absolute atomic E-state index is 17.6. The van der Waals surface area contributed by atoms with Crippen molar-refractivity contribution in [3.8, 4) is 0 Å². The topological polar surface area (TPSA) is 81.1 Å². The summed E-state index contributed by atoms with van der Waals surface area (Å²) in [6.07, 6.45) is 3.71. The highest BCUT2D eigenvalue weighted by atomic mass is 19.1. The maximum Gasteiger partial charge on any atom is 0.226 e. The number of hydrogen-bond acceptors (Lipinski definition) is 5. The Balaban J connectivity index is 1.31. The second-order valence-electron chi connectivity index (χ2n) is 14.5. The Bertz CT molecular complexity index is 1360. The molecule has 1 aromatic carbocycles. The first kappa shape index (κ1) is 29.6. The van der Waals surface area contributed by atoms with Gasteiger partial charge in [-0.25, -0.2) is 8.78 Å². The van der Waals surface area contributed by atoms with Crippen LogP contribution in [0.25, 0.3) is 0 Å². The van der Waals surface area contributed by atoms with Gasteiger partial charge in [0, 0.05) is 44.4 Å². The Labute approximate surface area is 247 Å². The zero-order chi connectivity index (χ0) is 30.4. The van der Waals surface area contributed by atoms with Crippen LogP contribution < -0.4 is 0 Å². The number of hydrogen-bond donors (Lipinski definition) is 2. The zero-order valence-electron chi connectivity index (χ0n) is 25.3. The number of aliphatic hydroxyl groups is 1. The summed E-state index contributed by atoms with van der Waals surface area (Å²) in [5.74, 6) is -1.98. The molecule has 8 heteroatoms. The summed E-state index contributed by atoms with van der Waals surface area (Å²) in [6, 6.07) is 6.31. The van der Waals surface area contributed by atoms with Crippen LogP contribution in [0.15, 0.2) is 42.0 Å². The summed E-state index contributed by atoms with van der Waals surface area (Å²) >= 11 is 0. The second-order valence-corrected chi connectivity index (χ2v) is 14.5. The molecule has 0 saturated heterocycles. The number of alkyl halides is 2. The molecule has 6 rings (SSSR count). The van der Waals surface area contributed by atoms with Gasteiger partial charge in [0.2, 0.25) is 5.91 Å². The third kappa shape index (κ3) is 4.34. The summed E-state index contributed by atoms with van der Waals surface area (Å²) in [5, 5.41) is 24.0. The van der Waals surface area contributed by atoms with Gasteiger partial charge < -0.3 is 15.2 Å². The standard InChI is InChI=1S/C34H44F2N2O4/c1-19-12-20(6-9-24(19)21-7-8-21)17-38(42)18-22-13-25-26-15-28(35)27-14-23(39)10-11-33(27,3)34(26,36)29(40)16-32(25,2)30(22)31(41)37(4)5/h6,9-12,14,21-22,25-26,28-30,40,42H,7-8,13,15-18H2,1-5H3. The molecule has 2 N–H and O–H groups in total. The molecule has 5 aliphatic carbocycles. The lowest BCUT2D eigenvalue weighted by molar-refractivity contribution is -0.203. The van der Waals surface area contributed by atoms with Crippen molar-refractivity contribution in [3.05, 3.63) is 58.7 Å². The van der Waals surface area contributed by atoms with Crippen molar-refractivity contribution in [2.24, 2.45) is 34.5 Å². The van der Waals surface area contributed by atoms with Crippen molar-refractivity contribution in [2.45, 2.75) is 83.3 Å². The van der Waals surface area contributed by atoms with Crippen molar-refractivity contribution in [3.63, 3.8) is 0 Å². The quantitative estimate of drug-likeness (QED) is 0.445. The van der Waals surface area contributed by atoms with Gasteiger partial charge in [0.05, 0.1) is 6.10 Å². The number of rotatable bonds is 6. The first-order chi connectivity index (χ1) is 19.7. The van der Waals surface area contributed by atoms with Crippen LogP contribution in [0.1, 0.15) is 68.6 Å². The van der Waals surface area contributed by atoms with Crippen LogP contribution in [0.5, 0.6) is 0 Å². The zero-order valence-corrected chi connectivity index (χ0v) is 25.3. The highest BCUT2D eigenvalue weighted by molar-refractivity contribution is 6.01. The minimum absolute atomic E-state index is 0.0419. The molecule has 1 amide bonds. The van der Waals surface area contributed by atoms with E-state index < -0.39 is 40.6 Å². The van der Waals surface area contributed by atoms with Crippen molar-refractivity contribution in [2.75, 3.05) is 20.6 Å². The Morgan fingerprint density at radius 1 is 1.14 bits per heavy atom. The number of allylic oxidation sites excluding steroid dienone is 4. The first-order valence-electron chi connectivity index (χ1n) is 15.4. The SMILES string of the molecule is Cc1cc(CN(O)CC2CC3C4CC(F)C5=CC(=O)C=CC5(C)C4(F)C(O)CC3(C)C2C(=O)N(C)C)ccc1C1CC1. The fourth-order valence-electron chi connectivity index (χ4n) is 9.56. The molecule has 1 aromatic rings. The van der Waals surface area contributed by atoms with E-state index in [1.54, 1.807) is 21.0 Å². The number of carbonyl (C=O) groups is 2. The summed E-state index contributed by atoms with van der Waals surface area (Å²) < 4.78 is 33.4. The van der Waals surface area contributed by atoms with E-state index >= 15 is 8.78 Å². The lowest BCUT2D eigenvalue weighted by atomic mass is 9.45. The number of amides is 1. The molecule has 4 saturated carbocycles. The van der Waals surface area contributed by atoms with E-state index in [0.29, 0.717) is 18.9 Å². The molecule has 9 unspecified atom stereocenters. The van der Waals surface area contributed by atoms with Gasteiger partial charge >= 0.3 is 0 Å². The monoisotopic (exact) mass is 582 g/mol. The van der Waals surface area contributed by atoms with Crippen molar-refractivity contribution in [1.29, 1.82) is 0 Å². The largest absolute Gasteiger partial charge is 0.390 e. The molecule has 0 aromatic heterocycles. The van der Waals surface area contributed by atoms with E-state index in [9.17, 15) is 19.9 Å². The second kappa shape index (κ2) is 10.1. The van der Waals surface area contributed by atoms with Gasteiger partial charge in [-0.3, -0.25) is 9.59 Å². The molecule has 0 bridgehead atoms. The summed E-state index contributed by atoms with van der Waals surface area (Å²) in [5.41, 5.74) is -0.788. The number of benzene rings is 1. The molecular weight excluding hydrogens is 538 g/mol. The first-order valence-corrected chi connectivity index (χ1v) is 15.4. The van der Waals surface area contributed by atoms with Crippen LogP contribution >= 0.6 is 0 Å². The average molecular weight is 583 g/mol. The predicted octanol–water partition coefficient (Wildman–Crippen LogP) is 5.31. The van der Waals surface area contributed by atoms with Crippen LogP contribution in [0.2, 0.25) is 0 Å². The molecule has 0 aliphatic heterocycles. The van der Waals surface area contributed by atoms with Crippen molar-refractivity contribution >= 4 is 11.7 Å². The van der Waals surface area contributed by atoms with Gasteiger partial charge in [-0.2, -0.15) is 5.06 Å². The number of hydroxylamine groups is 2. The Kier molecular flexibility index (Phi) is 7.10. The minimum atomic E-state index is -2.19. The van der Waals surface area contributed by atoms with E-state index in [0.717, 1.165) is 5.56 Å². The molecule has 0 heterocycles. The fraction of sp³-hybridized carbons (Fsp3) is 0.647. The smallest absolute Gasteiger partial charge is 0.226 e. The molecule has 0 spiro atoms. The third-order valence-corrected chi connectivity index (χ3v) is 11.7.